The summed E-state index contributed by atoms with van der Waals surface area (Å²) in [7, 11) is 0. The standard InChI is InChI=1S/C8H6FNS2/c9-4-3-12-8-5(10)1-2-6(11)7(4)8/h1-3,11H,10H2. The van der Waals surface area contributed by atoms with Gasteiger partial charge in [-0.15, -0.1) is 24.0 Å². The van der Waals surface area contributed by atoms with E-state index in [1.807, 2.05) is 0 Å². The zero-order valence-electron chi connectivity index (χ0n) is 6.04. The molecule has 0 saturated carbocycles. The number of rotatable bonds is 0. The smallest absolute Gasteiger partial charge is 0.142 e. The molecule has 0 fully saturated rings. The maximum atomic E-state index is 13.1. The number of halogens is 1. The number of hydrogen-bond acceptors (Lipinski definition) is 3. The van der Waals surface area contributed by atoms with Crippen molar-refractivity contribution in [3.05, 3.63) is 23.3 Å². The Kier molecular flexibility index (Phi) is 1.73. The van der Waals surface area contributed by atoms with Gasteiger partial charge in [-0.05, 0) is 12.1 Å². The number of anilines is 1. The Labute approximate surface area is 78.4 Å². The SMILES string of the molecule is Nc1ccc(S)c2c(F)csc12. The molecule has 0 aliphatic heterocycles. The highest BCUT2D eigenvalue weighted by atomic mass is 32.1. The van der Waals surface area contributed by atoms with E-state index in [1.54, 1.807) is 12.1 Å². The summed E-state index contributed by atoms with van der Waals surface area (Å²) in [6.45, 7) is 0. The highest BCUT2D eigenvalue weighted by Gasteiger charge is 2.08. The Morgan fingerprint density at radius 3 is 2.83 bits per heavy atom. The molecule has 0 amide bonds. The fraction of sp³-hybridized carbons (Fsp3) is 0. The van der Waals surface area contributed by atoms with Crippen LogP contribution in [0, 0.1) is 5.82 Å². The molecule has 0 unspecified atom stereocenters. The van der Waals surface area contributed by atoms with Crippen LogP contribution in [-0.2, 0) is 0 Å². The summed E-state index contributed by atoms with van der Waals surface area (Å²) in [5.41, 5.74) is 6.26. The van der Waals surface area contributed by atoms with Gasteiger partial charge in [0.05, 0.1) is 4.70 Å². The first-order chi connectivity index (χ1) is 5.70. The van der Waals surface area contributed by atoms with Crippen LogP contribution in [0.4, 0.5) is 10.1 Å². The Morgan fingerprint density at radius 1 is 1.42 bits per heavy atom. The van der Waals surface area contributed by atoms with Crippen LogP contribution in [0.15, 0.2) is 22.4 Å². The molecule has 2 aromatic rings. The molecule has 4 heteroatoms. The van der Waals surface area contributed by atoms with Crippen molar-refractivity contribution in [3.8, 4) is 0 Å². The van der Waals surface area contributed by atoms with Crippen LogP contribution in [0.3, 0.4) is 0 Å². The van der Waals surface area contributed by atoms with Crippen molar-refractivity contribution in [2.24, 2.45) is 0 Å². The van der Waals surface area contributed by atoms with E-state index in [9.17, 15) is 4.39 Å². The van der Waals surface area contributed by atoms with Gasteiger partial charge in [-0.2, -0.15) is 0 Å². The van der Waals surface area contributed by atoms with Crippen molar-refractivity contribution in [3.63, 3.8) is 0 Å². The molecule has 0 bridgehead atoms. The summed E-state index contributed by atoms with van der Waals surface area (Å²) >= 11 is 5.45. The molecule has 1 aromatic heterocycles. The highest BCUT2D eigenvalue weighted by Crippen LogP contribution is 2.33. The first kappa shape index (κ1) is 7.89. The summed E-state index contributed by atoms with van der Waals surface area (Å²) in [5, 5.41) is 1.98. The number of benzene rings is 1. The quantitative estimate of drug-likeness (QED) is 0.495. The van der Waals surface area contributed by atoms with Crippen molar-refractivity contribution in [2.75, 3.05) is 5.73 Å². The minimum atomic E-state index is -0.243. The number of fused-ring (bicyclic) bond motifs is 1. The van der Waals surface area contributed by atoms with Gasteiger partial charge in [-0.25, -0.2) is 4.39 Å². The maximum Gasteiger partial charge on any atom is 0.142 e. The van der Waals surface area contributed by atoms with Crippen LogP contribution >= 0.6 is 24.0 Å². The molecule has 62 valence electrons. The van der Waals surface area contributed by atoms with Crippen molar-refractivity contribution in [1.29, 1.82) is 0 Å². The Balaban J connectivity index is 2.98. The zero-order valence-corrected chi connectivity index (χ0v) is 7.75. The molecule has 0 radical (unpaired) electrons. The second-order valence-electron chi connectivity index (χ2n) is 2.46. The van der Waals surface area contributed by atoms with E-state index in [0.717, 1.165) is 4.70 Å². The van der Waals surface area contributed by atoms with Gasteiger partial charge in [0.1, 0.15) is 5.82 Å². The number of hydrogen-bond donors (Lipinski definition) is 2. The van der Waals surface area contributed by atoms with E-state index < -0.39 is 0 Å². The second-order valence-corrected chi connectivity index (χ2v) is 3.82. The third kappa shape index (κ3) is 0.990. The predicted molar refractivity (Wildman–Crippen MR) is 53.4 cm³/mol. The van der Waals surface area contributed by atoms with Crippen LogP contribution in [0.2, 0.25) is 0 Å². The van der Waals surface area contributed by atoms with E-state index in [2.05, 4.69) is 12.6 Å². The van der Waals surface area contributed by atoms with Crippen LogP contribution in [-0.4, -0.2) is 0 Å². The van der Waals surface area contributed by atoms with Gasteiger partial charge in [0.15, 0.2) is 0 Å². The van der Waals surface area contributed by atoms with Gasteiger partial charge in [0, 0.05) is 21.3 Å². The highest BCUT2D eigenvalue weighted by molar-refractivity contribution is 7.80. The fourth-order valence-electron chi connectivity index (χ4n) is 1.12. The predicted octanol–water partition coefficient (Wildman–Crippen LogP) is 2.91. The lowest BCUT2D eigenvalue weighted by atomic mass is 10.2. The zero-order chi connectivity index (χ0) is 8.72. The van der Waals surface area contributed by atoms with E-state index in [0.29, 0.717) is 16.0 Å². The largest absolute Gasteiger partial charge is 0.398 e. The number of nitrogens with two attached hydrogens (primary N) is 1. The summed E-state index contributed by atoms with van der Waals surface area (Å²) in [6, 6.07) is 3.44. The maximum absolute atomic E-state index is 13.1. The number of nitrogen functional groups attached to an aromatic ring is 1. The average Bonchev–Trinajstić information content (AvgIpc) is 2.42. The van der Waals surface area contributed by atoms with E-state index >= 15 is 0 Å². The third-order valence-electron chi connectivity index (χ3n) is 1.69. The summed E-state index contributed by atoms with van der Waals surface area (Å²) in [5.74, 6) is -0.243. The van der Waals surface area contributed by atoms with Gasteiger partial charge >= 0.3 is 0 Å². The molecule has 0 aliphatic carbocycles. The lowest BCUT2D eigenvalue weighted by Gasteiger charge is -1.97. The molecule has 12 heavy (non-hydrogen) atoms. The molecule has 0 saturated heterocycles. The lowest BCUT2D eigenvalue weighted by Crippen LogP contribution is -1.84. The Bertz CT molecular complexity index is 436. The minimum Gasteiger partial charge on any atom is -0.398 e. The second kappa shape index (κ2) is 2.64. The van der Waals surface area contributed by atoms with Gasteiger partial charge in [0.25, 0.3) is 0 Å². The molecule has 2 rings (SSSR count). The Morgan fingerprint density at radius 2 is 2.17 bits per heavy atom. The van der Waals surface area contributed by atoms with Gasteiger partial charge in [-0.3, -0.25) is 0 Å². The van der Waals surface area contributed by atoms with E-state index in [1.165, 1.54) is 16.7 Å². The molecule has 1 nitrogen and oxygen atoms in total. The van der Waals surface area contributed by atoms with Crippen molar-refractivity contribution >= 4 is 39.7 Å². The molecule has 1 aromatic carbocycles. The summed E-state index contributed by atoms with van der Waals surface area (Å²) in [4.78, 5) is 0.637. The van der Waals surface area contributed by atoms with Crippen molar-refractivity contribution < 1.29 is 4.39 Å². The molecule has 0 spiro atoms. The fourth-order valence-corrected chi connectivity index (χ4v) is 2.35. The first-order valence-electron chi connectivity index (χ1n) is 3.34. The van der Waals surface area contributed by atoms with Crippen LogP contribution in [0.1, 0.15) is 0 Å². The number of thiol groups is 1. The van der Waals surface area contributed by atoms with Gasteiger partial charge in [0.2, 0.25) is 0 Å². The molecular weight excluding hydrogens is 193 g/mol. The van der Waals surface area contributed by atoms with Crippen molar-refractivity contribution in [1.82, 2.24) is 0 Å². The van der Waals surface area contributed by atoms with Crippen LogP contribution < -0.4 is 5.73 Å². The molecule has 1 heterocycles. The van der Waals surface area contributed by atoms with Gasteiger partial charge in [-0.1, -0.05) is 0 Å². The van der Waals surface area contributed by atoms with Crippen LogP contribution in [0.5, 0.6) is 0 Å². The first-order valence-corrected chi connectivity index (χ1v) is 4.67. The topological polar surface area (TPSA) is 26.0 Å². The lowest BCUT2D eigenvalue weighted by molar-refractivity contribution is 0.642. The molecular formula is C8H6FNS2. The molecule has 0 atom stereocenters. The summed E-state index contributed by atoms with van der Waals surface area (Å²) in [6.07, 6.45) is 0. The van der Waals surface area contributed by atoms with Crippen molar-refractivity contribution in [2.45, 2.75) is 4.90 Å². The molecule has 2 N–H and O–H groups in total. The monoisotopic (exact) mass is 199 g/mol. The summed E-state index contributed by atoms with van der Waals surface area (Å²) < 4.78 is 13.9. The molecule has 0 aliphatic rings. The third-order valence-corrected chi connectivity index (χ3v) is 3.06. The Hall–Kier alpha value is -0.740. The minimum absolute atomic E-state index is 0.243. The average molecular weight is 199 g/mol. The number of thiophene rings is 1. The van der Waals surface area contributed by atoms with E-state index in [4.69, 9.17) is 5.73 Å². The normalized spacial score (nSPS) is 10.8. The van der Waals surface area contributed by atoms with Crippen LogP contribution in [0.25, 0.3) is 10.1 Å². The van der Waals surface area contributed by atoms with Gasteiger partial charge < -0.3 is 5.73 Å². The van der Waals surface area contributed by atoms with E-state index in [-0.39, 0.29) is 5.82 Å².